The van der Waals surface area contributed by atoms with Gasteiger partial charge in [-0.05, 0) is 43.7 Å². The lowest BCUT2D eigenvalue weighted by Gasteiger charge is -2.16. The summed E-state index contributed by atoms with van der Waals surface area (Å²) in [5, 5.41) is 3.33. The van der Waals surface area contributed by atoms with Crippen LogP contribution in [-0.2, 0) is 4.74 Å². The number of hydrogen-bond donors (Lipinski definition) is 1. The van der Waals surface area contributed by atoms with Crippen LogP contribution in [0.4, 0.5) is 5.82 Å². The number of carbonyl (C=O) groups is 1. The van der Waals surface area contributed by atoms with Crippen LogP contribution < -0.4 is 5.32 Å². The third-order valence-electron chi connectivity index (χ3n) is 3.20. The van der Waals surface area contributed by atoms with Crippen molar-refractivity contribution in [3.05, 3.63) is 57.7 Å². The van der Waals surface area contributed by atoms with Crippen LogP contribution in [0.15, 0.2) is 40.9 Å². The molecule has 0 aliphatic heterocycles. The van der Waals surface area contributed by atoms with E-state index < -0.39 is 0 Å². The van der Waals surface area contributed by atoms with Crippen molar-refractivity contribution in [1.29, 1.82) is 0 Å². The molecule has 0 aliphatic carbocycles. The number of anilines is 1. The van der Waals surface area contributed by atoms with Gasteiger partial charge in [0.15, 0.2) is 0 Å². The Morgan fingerprint density at radius 3 is 2.71 bits per heavy atom. The van der Waals surface area contributed by atoms with Crippen molar-refractivity contribution in [3.8, 4) is 0 Å². The third-order valence-corrected chi connectivity index (χ3v) is 3.70. The van der Waals surface area contributed by atoms with E-state index in [0.29, 0.717) is 11.3 Å². The van der Waals surface area contributed by atoms with E-state index in [1.807, 2.05) is 12.1 Å². The topological polar surface area (TPSA) is 51.2 Å². The molecule has 1 unspecified atom stereocenters. The molecule has 1 aromatic heterocycles. The molecule has 0 amide bonds. The van der Waals surface area contributed by atoms with Crippen LogP contribution >= 0.6 is 15.9 Å². The summed E-state index contributed by atoms with van der Waals surface area (Å²) in [5.74, 6) is 0.360. The molecule has 1 atom stereocenters. The molecule has 0 radical (unpaired) electrons. The van der Waals surface area contributed by atoms with Crippen LogP contribution in [0.25, 0.3) is 0 Å². The van der Waals surface area contributed by atoms with Gasteiger partial charge in [-0.2, -0.15) is 0 Å². The molecule has 21 heavy (non-hydrogen) atoms. The number of hydrogen-bond acceptors (Lipinski definition) is 4. The van der Waals surface area contributed by atoms with E-state index in [9.17, 15) is 4.79 Å². The Labute approximate surface area is 132 Å². The molecule has 2 aromatic rings. The molecule has 110 valence electrons. The van der Waals surface area contributed by atoms with E-state index in [4.69, 9.17) is 4.74 Å². The van der Waals surface area contributed by atoms with Gasteiger partial charge in [-0.15, -0.1) is 0 Å². The van der Waals surface area contributed by atoms with Crippen molar-refractivity contribution in [1.82, 2.24) is 4.98 Å². The zero-order valence-electron chi connectivity index (χ0n) is 12.2. The zero-order valence-corrected chi connectivity index (χ0v) is 13.8. The first-order valence-corrected chi connectivity index (χ1v) is 7.38. The first-order chi connectivity index (χ1) is 10.0. The van der Waals surface area contributed by atoms with Crippen molar-refractivity contribution in [2.75, 3.05) is 12.4 Å². The number of rotatable bonds is 4. The fraction of sp³-hybridized carbons (Fsp3) is 0.250. The molecule has 1 aromatic carbocycles. The largest absolute Gasteiger partial charge is 0.465 e. The number of nitrogens with one attached hydrogen (secondary N) is 1. The van der Waals surface area contributed by atoms with Crippen LogP contribution in [0, 0.1) is 6.92 Å². The van der Waals surface area contributed by atoms with Crippen LogP contribution in [0.3, 0.4) is 0 Å². The Bertz CT molecular complexity index is 658. The summed E-state index contributed by atoms with van der Waals surface area (Å²) in [6.07, 6.45) is 0. The number of ether oxygens (including phenoxy) is 1. The summed E-state index contributed by atoms with van der Waals surface area (Å²) in [6, 6.07) is 11.7. The van der Waals surface area contributed by atoms with E-state index in [2.05, 4.69) is 45.3 Å². The van der Waals surface area contributed by atoms with Crippen LogP contribution in [0.2, 0.25) is 0 Å². The van der Waals surface area contributed by atoms with Gasteiger partial charge >= 0.3 is 5.97 Å². The minimum Gasteiger partial charge on any atom is -0.465 e. The highest BCUT2D eigenvalue weighted by atomic mass is 79.9. The smallest absolute Gasteiger partial charge is 0.339 e. The van der Waals surface area contributed by atoms with Gasteiger partial charge in [0.25, 0.3) is 0 Å². The number of carbonyl (C=O) groups excluding carboxylic acids is 1. The normalized spacial score (nSPS) is 11.8. The molecular formula is C16H17BrN2O2. The summed E-state index contributed by atoms with van der Waals surface area (Å²) in [5.41, 5.74) is 2.28. The van der Waals surface area contributed by atoms with Gasteiger partial charge in [0.2, 0.25) is 0 Å². The summed E-state index contributed by atoms with van der Waals surface area (Å²) in [7, 11) is 1.36. The average Bonchev–Trinajstić information content (AvgIpc) is 2.46. The predicted octanol–water partition coefficient (Wildman–Crippen LogP) is 4.11. The number of esters is 1. The van der Waals surface area contributed by atoms with Gasteiger partial charge in [-0.3, -0.25) is 0 Å². The molecule has 5 heteroatoms. The quantitative estimate of drug-likeness (QED) is 0.844. The number of aryl methyl sites for hydroxylation is 1. The minimum absolute atomic E-state index is 0.110. The molecule has 0 spiro atoms. The Kier molecular flexibility index (Phi) is 4.96. The van der Waals surface area contributed by atoms with Crippen LogP contribution in [-0.4, -0.2) is 18.1 Å². The maximum Gasteiger partial charge on any atom is 0.339 e. The van der Waals surface area contributed by atoms with Gasteiger partial charge in [0, 0.05) is 10.5 Å². The number of aromatic nitrogens is 1. The molecular weight excluding hydrogens is 332 g/mol. The molecule has 0 aliphatic rings. The predicted molar refractivity (Wildman–Crippen MR) is 86.5 cm³/mol. The Morgan fingerprint density at radius 2 is 2.10 bits per heavy atom. The number of pyridine rings is 1. The van der Waals surface area contributed by atoms with Crippen molar-refractivity contribution >= 4 is 27.7 Å². The highest BCUT2D eigenvalue weighted by molar-refractivity contribution is 9.10. The molecule has 4 nitrogen and oxygen atoms in total. The summed E-state index contributed by atoms with van der Waals surface area (Å²) in [4.78, 5) is 15.9. The molecule has 0 saturated carbocycles. The fourth-order valence-electron chi connectivity index (χ4n) is 2.05. The summed E-state index contributed by atoms with van der Waals surface area (Å²) >= 11 is 3.47. The van der Waals surface area contributed by atoms with Crippen molar-refractivity contribution in [3.63, 3.8) is 0 Å². The second-order valence-corrected chi connectivity index (χ2v) is 5.66. The maximum absolute atomic E-state index is 11.5. The molecule has 0 bridgehead atoms. The molecule has 0 fully saturated rings. The second kappa shape index (κ2) is 6.72. The van der Waals surface area contributed by atoms with Crippen molar-refractivity contribution in [2.24, 2.45) is 0 Å². The maximum atomic E-state index is 11.5. The summed E-state index contributed by atoms with van der Waals surface area (Å²) < 4.78 is 5.76. The van der Waals surface area contributed by atoms with E-state index >= 15 is 0 Å². The van der Waals surface area contributed by atoms with E-state index in [0.717, 1.165) is 15.9 Å². The Hall–Kier alpha value is -1.88. The second-order valence-electron chi connectivity index (χ2n) is 4.74. The number of methoxy groups -OCH3 is 1. The van der Waals surface area contributed by atoms with E-state index in [-0.39, 0.29) is 12.0 Å². The SMILES string of the molecule is COC(=O)c1ccc(NC(C)c2cccc(Br)c2)nc1C. The van der Waals surface area contributed by atoms with Gasteiger partial charge in [-0.25, -0.2) is 9.78 Å². The first kappa shape index (κ1) is 15.5. The highest BCUT2D eigenvalue weighted by Gasteiger charge is 2.12. The minimum atomic E-state index is -0.369. The fourth-order valence-corrected chi connectivity index (χ4v) is 2.47. The molecule has 2 rings (SSSR count). The van der Waals surface area contributed by atoms with Gasteiger partial charge in [-0.1, -0.05) is 28.1 Å². The number of halogens is 1. The van der Waals surface area contributed by atoms with Crippen LogP contribution in [0.5, 0.6) is 0 Å². The molecule has 1 heterocycles. The van der Waals surface area contributed by atoms with Gasteiger partial charge < -0.3 is 10.1 Å². The first-order valence-electron chi connectivity index (χ1n) is 6.59. The highest BCUT2D eigenvalue weighted by Crippen LogP contribution is 2.22. The summed E-state index contributed by atoms with van der Waals surface area (Å²) in [6.45, 7) is 3.86. The van der Waals surface area contributed by atoms with E-state index in [1.54, 1.807) is 19.1 Å². The Morgan fingerprint density at radius 1 is 1.33 bits per heavy atom. The van der Waals surface area contributed by atoms with Crippen molar-refractivity contribution < 1.29 is 9.53 Å². The standard InChI is InChI=1S/C16H17BrN2O2/c1-10(12-5-4-6-13(17)9-12)18-15-8-7-14(11(2)19-15)16(20)21-3/h4-10H,1-3H3,(H,18,19). The van der Waals surface area contributed by atoms with Crippen molar-refractivity contribution in [2.45, 2.75) is 19.9 Å². The Balaban J connectivity index is 2.16. The third kappa shape index (κ3) is 3.82. The zero-order chi connectivity index (χ0) is 15.4. The van der Waals surface area contributed by atoms with Gasteiger partial charge in [0.1, 0.15) is 5.82 Å². The average molecular weight is 349 g/mol. The molecule has 0 saturated heterocycles. The molecule has 1 N–H and O–H groups in total. The number of benzene rings is 1. The lowest BCUT2D eigenvalue weighted by atomic mass is 10.1. The van der Waals surface area contributed by atoms with E-state index in [1.165, 1.54) is 7.11 Å². The lowest BCUT2D eigenvalue weighted by molar-refractivity contribution is 0.0599. The van der Waals surface area contributed by atoms with Gasteiger partial charge in [0.05, 0.1) is 18.4 Å². The lowest BCUT2D eigenvalue weighted by Crippen LogP contribution is -2.10. The number of nitrogens with zero attached hydrogens (tertiary/aromatic N) is 1. The monoisotopic (exact) mass is 348 g/mol. The van der Waals surface area contributed by atoms with Crippen LogP contribution in [0.1, 0.15) is 34.6 Å².